The summed E-state index contributed by atoms with van der Waals surface area (Å²) in [6.07, 6.45) is 11.9. The molecule has 6 aliphatic heterocycles. The number of hydrogen-bond donors (Lipinski definition) is 0. The van der Waals surface area contributed by atoms with E-state index in [9.17, 15) is 30.3 Å². The van der Waals surface area contributed by atoms with Gasteiger partial charge >= 0.3 is 0 Å². The molecule has 15 nitrogen and oxygen atoms in total. The van der Waals surface area contributed by atoms with E-state index in [1.165, 1.54) is 18.2 Å². The maximum atomic E-state index is 11.9. The first-order valence-electron chi connectivity index (χ1n) is 26.0. The van der Waals surface area contributed by atoms with Crippen molar-refractivity contribution >= 4 is 52.4 Å². The SMILES string of the molecule is CC1(C)c2ccccc2N(Cc2cc(CN3c4ccccc4C(C)(C)C34C=Cc3cc([N+](=O)[O-])ccc3O4)cc(CN3c4ccccc4C(C)(C)C34C=Cc3cc([N+](=O)[O-])ccc3O4)c2)C12C=Cc1cc([N+](=O)[O-])ccc1O2. The summed E-state index contributed by atoms with van der Waals surface area (Å²) in [5.41, 5.74) is 5.97. The molecule has 13 rings (SSSR count). The third-order valence-corrected chi connectivity index (χ3v) is 17.5. The highest BCUT2D eigenvalue weighted by atomic mass is 16.6. The Labute approximate surface area is 450 Å². The van der Waals surface area contributed by atoms with Crippen LogP contribution in [0.25, 0.3) is 18.2 Å². The minimum atomic E-state index is -1.06. The number of hydrogen-bond acceptors (Lipinski definition) is 12. The zero-order valence-electron chi connectivity index (χ0n) is 43.8. The van der Waals surface area contributed by atoms with Crippen molar-refractivity contribution in [3.63, 3.8) is 0 Å². The second-order valence-electron chi connectivity index (χ2n) is 22.7. The summed E-state index contributed by atoms with van der Waals surface area (Å²) in [6.45, 7) is 14.2. The van der Waals surface area contributed by atoms with Gasteiger partial charge in [0.05, 0.1) is 31.0 Å². The molecular formula is C63H54N6O9. The topological polar surface area (TPSA) is 167 Å². The third kappa shape index (κ3) is 6.75. The van der Waals surface area contributed by atoms with Gasteiger partial charge in [-0.25, -0.2) is 0 Å². The van der Waals surface area contributed by atoms with E-state index < -0.39 is 48.2 Å². The van der Waals surface area contributed by atoms with Crippen LogP contribution in [0.2, 0.25) is 0 Å². The molecule has 3 spiro atoms. The van der Waals surface area contributed by atoms with Crippen LogP contribution in [0.3, 0.4) is 0 Å². The summed E-state index contributed by atoms with van der Waals surface area (Å²) < 4.78 is 21.7. The molecule has 0 aromatic heterocycles. The lowest BCUT2D eigenvalue weighted by molar-refractivity contribution is -0.385. The van der Waals surface area contributed by atoms with Crippen molar-refractivity contribution in [1.29, 1.82) is 0 Å². The number of nitro groups is 3. The van der Waals surface area contributed by atoms with Gasteiger partial charge in [0.15, 0.2) is 0 Å². The van der Waals surface area contributed by atoms with Crippen LogP contribution in [-0.2, 0) is 35.9 Å². The molecule has 0 saturated carbocycles. The molecule has 3 unspecified atom stereocenters. The fourth-order valence-electron chi connectivity index (χ4n) is 13.4. The molecule has 0 N–H and O–H groups in total. The summed E-state index contributed by atoms with van der Waals surface area (Å²) in [5.74, 6) is 1.62. The van der Waals surface area contributed by atoms with E-state index in [-0.39, 0.29) is 17.1 Å². The lowest BCUT2D eigenvalue weighted by Crippen LogP contribution is -2.59. The van der Waals surface area contributed by atoms with Gasteiger partial charge in [-0.2, -0.15) is 0 Å². The number of fused-ring (bicyclic) bond motifs is 6. The van der Waals surface area contributed by atoms with Gasteiger partial charge in [-0.15, -0.1) is 0 Å². The summed E-state index contributed by atoms with van der Waals surface area (Å²) in [5, 5.41) is 35.7. The number of nitrogens with zero attached hydrogens (tertiary/aromatic N) is 6. The van der Waals surface area contributed by atoms with Gasteiger partial charge in [0.25, 0.3) is 17.1 Å². The molecule has 0 amide bonds. The highest BCUT2D eigenvalue weighted by Gasteiger charge is 2.62. The van der Waals surface area contributed by atoms with Crippen LogP contribution in [0.1, 0.15) is 91.6 Å². The molecule has 0 bridgehead atoms. The van der Waals surface area contributed by atoms with E-state index in [2.05, 4.69) is 111 Å². The molecule has 0 saturated heterocycles. The molecule has 0 aliphatic carbocycles. The van der Waals surface area contributed by atoms with Crippen molar-refractivity contribution in [2.45, 2.75) is 94.6 Å². The van der Waals surface area contributed by atoms with Gasteiger partial charge in [-0.3, -0.25) is 30.3 Å². The molecule has 15 heteroatoms. The Morgan fingerprint density at radius 1 is 0.385 bits per heavy atom. The number of ether oxygens (including phenoxy) is 3. The Kier molecular flexibility index (Phi) is 10.3. The third-order valence-electron chi connectivity index (χ3n) is 17.5. The maximum absolute atomic E-state index is 11.9. The monoisotopic (exact) mass is 1040 g/mol. The molecule has 7 aromatic rings. The van der Waals surface area contributed by atoms with E-state index in [0.29, 0.717) is 53.6 Å². The standard InChI is InChI=1S/C63H54N6O9/c1-58(2)49-13-7-10-16-52(49)64(61(58)28-25-43-34-46(67(70)71)19-22-55(43)76-61)37-40-31-41(38-65-53-17-11-8-14-50(53)59(3,4)62(65)29-26-44-35-47(68(72)73)20-23-56(44)77-62)33-42(32-40)39-66-54-18-12-9-15-51(54)60(5,6)63(66)30-27-45-36-48(69(74)75)21-24-57(45)78-63/h7-36H,37-39H2,1-6H3. The van der Waals surface area contributed by atoms with Crippen molar-refractivity contribution < 1.29 is 29.0 Å². The van der Waals surface area contributed by atoms with Crippen molar-refractivity contribution in [3.05, 3.63) is 244 Å². The zero-order valence-corrected chi connectivity index (χ0v) is 43.8. The van der Waals surface area contributed by atoms with Crippen molar-refractivity contribution in [3.8, 4) is 17.2 Å². The minimum absolute atomic E-state index is 0.0192. The van der Waals surface area contributed by atoms with Gasteiger partial charge in [0, 0.05) is 89.8 Å². The predicted octanol–water partition coefficient (Wildman–Crippen LogP) is 13.7. The number of nitro benzene ring substituents is 3. The van der Waals surface area contributed by atoms with Gasteiger partial charge < -0.3 is 28.9 Å². The molecule has 3 atom stereocenters. The van der Waals surface area contributed by atoms with Crippen molar-refractivity contribution in [2.75, 3.05) is 14.7 Å². The Hall–Kier alpha value is -9.24. The molecule has 78 heavy (non-hydrogen) atoms. The van der Waals surface area contributed by atoms with Crippen LogP contribution in [0.5, 0.6) is 17.2 Å². The smallest absolute Gasteiger partial charge is 0.270 e. The summed E-state index contributed by atoms with van der Waals surface area (Å²) >= 11 is 0. The molecule has 6 heterocycles. The van der Waals surface area contributed by atoms with Crippen LogP contribution >= 0.6 is 0 Å². The van der Waals surface area contributed by atoms with Crippen LogP contribution in [0, 0.1) is 30.3 Å². The average molecular weight is 1040 g/mol. The van der Waals surface area contributed by atoms with Gasteiger partial charge in [0.2, 0.25) is 17.2 Å². The van der Waals surface area contributed by atoms with E-state index in [1.54, 1.807) is 36.4 Å². The second kappa shape index (κ2) is 16.6. The molecule has 390 valence electrons. The van der Waals surface area contributed by atoms with Crippen molar-refractivity contribution in [2.24, 2.45) is 0 Å². The number of anilines is 3. The molecule has 0 radical (unpaired) electrons. The van der Waals surface area contributed by atoms with E-state index in [0.717, 1.165) is 50.4 Å². The molecular weight excluding hydrogens is 985 g/mol. The van der Waals surface area contributed by atoms with E-state index >= 15 is 0 Å². The summed E-state index contributed by atoms with van der Waals surface area (Å²) in [6, 6.07) is 45.9. The average Bonchev–Trinajstić information content (AvgIpc) is 3.86. The Morgan fingerprint density at radius 2 is 0.654 bits per heavy atom. The first-order valence-corrected chi connectivity index (χ1v) is 26.0. The minimum Gasteiger partial charge on any atom is -0.463 e. The van der Waals surface area contributed by atoms with Crippen LogP contribution in [-0.4, -0.2) is 31.9 Å². The first-order chi connectivity index (χ1) is 37.3. The Morgan fingerprint density at radius 3 is 0.923 bits per heavy atom. The second-order valence-corrected chi connectivity index (χ2v) is 22.7. The lowest BCUT2D eigenvalue weighted by atomic mass is 9.76. The Balaban J connectivity index is 0.968. The zero-order chi connectivity index (χ0) is 54.3. The lowest BCUT2D eigenvalue weighted by Gasteiger charge is -2.48. The van der Waals surface area contributed by atoms with Gasteiger partial charge in [-0.1, -0.05) is 72.8 Å². The predicted molar refractivity (Wildman–Crippen MR) is 300 cm³/mol. The summed E-state index contributed by atoms with van der Waals surface area (Å²) in [7, 11) is 0. The number of benzene rings is 7. The highest BCUT2D eigenvalue weighted by Crippen LogP contribution is 2.59. The van der Waals surface area contributed by atoms with E-state index in [1.807, 2.05) is 72.9 Å². The molecule has 7 aromatic carbocycles. The fraction of sp³-hybridized carbons (Fsp3) is 0.238. The number of non-ortho nitro benzene ring substituents is 3. The summed E-state index contributed by atoms with van der Waals surface area (Å²) in [4.78, 5) is 41.4. The molecule has 0 fully saturated rings. The van der Waals surface area contributed by atoms with Gasteiger partial charge in [0.1, 0.15) is 17.2 Å². The maximum Gasteiger partial charge on any atom is 0.270 e. The fourth-order valence-corrected chi connectivity index (χ4v) is 13.4. The normalized spacial score (nSPS) is 22.5. The van der Waals surface area contributed by atoms with Crippen LogP contribution < -0.4 is 28.9 Å². The highest BCUT2D eigenvalue weighted by molar-refractivity contribution is 5.77. The van der Waals surface area contributed by atoms with Crippen molar-refractivity contribution in [1.82, 2.24) is 0 Å². The van der Waals surface area contributed by atoms with Crippen LogP contribution in [0.15, 0.2) is 164 Å². The van der Waals surface area contributed by atoms with Gasteiger partial charge in [-0.05, 0) is 148 Å². The largest absolute Gasteiger partial charge is 0.463 e. The number of rotatable bonds is 9. The Bertz CT molecular complexity index is 3460. The first kappa shape index (κ1) is 48.4. The number of para-hydroxylation sites is 3. The molecule has 6 aliphatic rings. The van der Waals surface area contributed by atoms with Crippen LogP contribution in [0.4, 0.5) is 34.1 Å². The van der Waals surface area contributed by atoms with E-state index in [4.69, 9.17) is 14.2 Å². The quantitative estimate of drug-likeness (QED) is 0.0993.